The summed E-state index contributed by atoms with van der Waals surface area (Å²) in [6.45, 7) is -1.66. The third-order valence-corrected chi connectivity index (χ3v) is 9.47. The van der Waals surface area contributed by atoms with Gasteiger partial charge in [0.2, 0.25) is 5.91 Å². The minimum Gasteiger partial charge on any atom is -0.465 e. The number of aliphatic hydroxyl groups excluding tert-OH is 10. The summed E-state index contributed by atoms with van der Waals surface area (Å²) in [4.78, 5) is 25.8. The molecule has 9 atom stereocenters. The summed E-state index contributed by atoms with van der Waals surface area (Å²) >= 11 is 0. The first-order valence-corrected chi connectivity index (χ1v) is 18.8. The van der Waals surface area contributed by atoms with Gasteiger partial charge in [0.15, 0.2) is 0 Å². The number of benzene rings is 2. The Balaban J connectivity index is 1.92. The van der Waals surface area contributed by atoms with Crippen LogP contribution in [-0.4, -0.2) is 174 Å². The van der Waals surface area contributed by atoms with Gasteiger partial charge in [-0.3, -0.25) is 9.69 Å². The van der Waals surface area contributed by atoms with Gasteiger partial charge < -0.3 is 72.5 Å². The highest BCUT2D eigenvalue weighted by atomic mass is 16.4. The van der Waals surface area contributed by atoms with E-state index in [1.165, 1.54) is 10.5 Å². The van der Waals surface area contributed by atoms with E-state index in [9.17, 15) is 55.5 Å². The molecule has 15 N–H and O–H groups in total. The van der Waals surface area contributed by atoms with Gasteiger partial charge in [-0.1, -0.05) is 48.5 Å². The van der Waals surface area contributed by atoms with E-state index in [1.807, 2.05) is 24.3 Å². The molecule has 0 heterocycles. The van der Waals surface area contributed by atoms with Crippen LogP contribution >= 0.6 is 0 Å². The fourth-order valence-electron chi connectivity index (χ4n) is 6.06. The normalized spacial score (nSPS) is 16.7. The van der Waals surface area contributed by atoms with E-state index in [0.29, 0.717) is 25.9 Å². The molecule has 2 aromatic carbocycles. The number of carboxylic acid groups (broad SMARTS) is 1. The zero-order valence-corrected chi connectivity index (χ0v) is 31.2. The Labute approximate surface area is 321 Å². The fraction of sp³-hybridized carbons (Fsp3) is 0.632. The summed E-state index contributed by atoms with van der Waals surface area (Å²) < 4.78 is 0. The molecule has 2 amide bonds. The third kappa shape index (κ3) is 17.2. The Morgan fingerprint density at radius 3 is 1.51 bits per heavy atom. The van der Waals surface area contributed by atoms with Gasteiger partial charge >= 0.3 is 6.09 Å². The number of unbranched alkanes of at least 4 members (excludes halogenated alkanes) is 2. The minimum absolute atomic E-state index is 0.0333. The maximum atomic E-state index is 12.9. The van der Waals surface area contributed by atoms with Crippen molar-refractivity contribution in [2.24, 2.45) is 5.73 Å². The Morgan fingerprint density at radius 2 is 1.07 bits per heavy atom. The number of hydrogen-bond donors (Lipinski definition) is 14. The molecule has 55 heavy (non-hydrogen) atoms. The van der Waals surface area contributed by atoms with Crippen molar-refractivity contribution >= 4 is 12.0 Å². The second-order valence-corrected chi connectivity index (χ2v) is 13.9. The number of aliphatic hydroxyl groups is 10. The topological polar surface area (TPSA) is 310 Å². The molecule has 17 heteroatoms. The van der Waals surface area contributed by atoms with Gasteiger partial charge in [0.1, 0.15) is 42.7 Å². The standard InChI is InChI=1S/C38H62N4O13/c39-17-3-1-6-24-9-13-26(14-10-24)27-15-11-25(12-16-27)7-5-18-40-37(53)28(41-38(54)55)8-2-4-19-42(20-29(45)33(49)35(51)31(47)22-43)21-30(46)34(50)36(52)32(48)23-44/h9-16,28-36,41,43-52H,1-8,17-23,39H2,(H,40,53)(H,54,55)/t28?,29-,30-,31+,32+,33+,34+,35+,36+/m0/s1. The van der Waals surface area contributed by atoms with Gasteiger partial charge in [-0.05, 0) is 86.7 Å². The third-order valence-electron chi connectivity index (χ3n) is 9.47. The number of hydrogen-bond acceptors (Lipinski definition) is 14. The van der Waals surface area contributed by atoms with Crippen molar-refractivity contribution in [1.29, 1.82) is 0 Å². The molecule has 0 radical (unpaired) electrons. The molecule has 0 spiro atoms. The predicted octanol–water partition coefficient (Wildman–Crippen LogP) is -2.34. The number of nitrogens with zero attached hydrogens (tertiary/aromatic N) is 1. The van der Waals surface area contributed by atoms with Crippen LogP contribution in [0.3, 0.4) is 0 Å². The molecule has 2 rings (SSSR count). The van der Waals surface area contributed by atoms with E-state index in [2.05, 4.69) is 34.9 Å². The van der Waals surface area contributed by atoms with Gasteiger partial charge in [0.05, 0.1) is 25.4 Å². The number of rotatable bonds is 28. The largest absolute Gasteiger partial charge is 0.465 e. The molecule has 0 bridgehead atoms. The summed E-state index contributed by atoms with van der Waals surface area (Å²) in [5.74, 6) is -0.522. The van der Waals surface area contributed by atoms with Crippen LogP contribution in [-0.2, 0) is 17.6 Å². The molecule has 0 aliphatic rings. The van der Waals surface area contributed by atoms with Crippen LogP contribution in [0.15, 0.2) is 48.5 Å². The number of carbonyl (C=O) groups is 2. The smallest absolute Gasteiger partial charge is 0.405 e. The van der Waals surface area contributed by atoms with Crippen LogP contribution in [0.25, 0.3) is 11.1 Å². The molecule has 0 fully saturated rings. The van der Waals surface area contributed by atoms with Crippen molar-refractivity contribution in [3.8, 4) is 11.1 Å². The monoisotopic (exact) mass is 782 g/mol. The summed E-state index contributed by atoms with van der Waals surface area (Å²) in [6, 6.07) is 15.5. The zero-order valence-electron chi connectivity index (χ0n) is 31.2. The van der Waals surface area contributed by atoms with Crippen LogP contribution in [0, 0.1) is 0 Å². The van der Waals surface area contributed by atoms with Crippen LogP contribution in [0.4, 0.5) is 4.79 Å². The van der Waals surface area contributed by atoms with E-state index in [0.717, 1.165) is 36.0 Å². The van der Waals surface area contributed by atoms with Gasteiger partial charge in [-0.15, -0.1) is 0 Å². The second-order valence-electron chi connectivity index (χ2n) is 13.9. The molecular weight excluding hydrogens is 720 g/mol. The maximum Gasteiger partial charge on any atom is 0.405 e. The molecule has 0 saturated heterocycles. The summed E-state index contributed by atoms with van der Waals surface area (Å²) in [5, 5.41) is 113. The molecule has 2 aromatic rings. The average molecular weight is 783 g/mol. The van der Waals surface area contributed by atoms with E-state index in [1.54, 1.807) is 0 Å². The molecule has 1 unspecified atom stereocenters. The molecule has 0 aliphatic heterocycles. The van der Waals surface area contributed by atoms with E-state index in [4.69, 9.17) is 15.9 Å². The second kappa shape index (κ2) is 25.8. The Bertz CT molecular complexity index is 1330. The first-order valence-electron chi connectivity index (χ1n) is 18.8. The predicted molar refractivity (Wildman–Crippen MR) is 203 cm³/mol. The quantitative estimate of drug-likeness (QED) is 0.0403. The van der Waals surface area contributed by atoms with Gasteiger partial charge in [0.25, 0.3) is 0 Å². The van der Waals surface area contributed by atoms with Crippen molar-refractivity contribution in [2.75, 3.05) is 45.9 Å². The summed E-state index contributed by atoms with van der Waals surface area (Å²) in [5.41, 5.74) is 10.1. The fourth-order valence-corrected chi connectivity index (χ4v) is 6.06. The molecule has 312 valence electrons. The van der Waals surface area contributed by atoms with Crippen LogP contribution < -0.4 is 16.4 Å². The minimum atomic E-state index is -1.93. The van der Waals surface area contributed by atoms with Crippen LogP contribution in [0.2, 0.25) is 0 Å². The molecular formula is C38H62N4O13. The van der Waals surface area contributed by atoms with Crippen LogP contribution in [0.1, 0.15) is 49.7 Å². The first-order chi connectivity index (χ1) is 26.2. The lowest BCUT2D eigenvalue weighted by Crippen LogP contribution is -2.53. The van der Waals surface area contributed by atoms with Crippen molar-refractivity contribution in [3.63, 3.8) is 0 Å². The molecule has 17 nitrogen and oxygen atoms in total. The lowest BCUT2D eigenvalue weighted by Gasteiger charge is -2.33. The maximum absolute atomic E-state index is 12.9. The van der Waals surface area contributed by atoms with Crippen molar-refractivity contribution in [3.05, 3.63) is 59.7 Å². The Kier molecular flexibility index (Phi) is 22.4. The SMILES string of the molecule is NCCCCc1ccc(-c2ccc(CCCNC(=O)C(CCCCN(C[C@H](O)[C@@H](O)[C@H](O)[C@H](O)CO)C[C@H](O)[C@@H](O)[C@H](O)[C@H](O)CO)NC(=O)O)cc2)cc1. The first kappa shape index (κ1) is 47.9. The zero-order chi connectivity index (χ0) is 40.9. The Hall–Kier alpha value is -3.30. The number of aryl methyl sites for hydroxylation is 2. The number of nitrogens with two attached hydrogens (primary N) is 1. The average Bonchev–Trinajstić information content (AvgIpc) is 3.18. The van der Waals surface area contributed by atoms with Gasteiger partial charge in [-0.25, -0.2) is 4.79 Å². The highest BCUT2D eigenvalue weighted by molar-refractivity contribution is 5.85. The van der Waals surface area contributed by atoms with E-state index >= 15 is 0 Å². The molecule has 0 saturated carbocycles. The lowest BCUT2D eigenvalue weighted by molar-refractivity contribution is -0.130. The van der Waals surface area contributed by atoms with E-state index in [-0.39, 0.29) is 25.8 Å². The lowest BCUT2D eigenvalue weighted by atomic mass is 9.99. The molecule has 0 aliphatic carbocycles. The molecule has 0 aromatic heterocycles. The highest BCUT2D eigenvalue weighted by Crippen LogP contribution is 2.22. The van der Waals surface area contributed by atoms with Gasteiger partial charge in [-0.2, -0.15) is 0 Å². The number of carbonyl (C=O) groups excluding carboxylic acids is 1. The van der Waals surface area contributed by atoms with Crippen LogP contribution in [0.5, 0.6) is 0 Å². The van der Waals surface area contributed by atoms with Crippen molar-refractivity contribution < 1.29 is 65.8 Å². The summed E-state index contributed by atoms with van der Waals surface area (Å²) in [7, 11) is 0. The van der Waals surface area contributed by atoms with Gasteiger partial charge in [0, 0.05) is 19.6 Å². The van der Waals surface area contributed by atoms with Crippen molar-refractivity contribution in [1.82, 2.24) is 15.5 Å². The van der Waals surface area contributed by atoms with E-state index < -0.39 is 93.2 Å². The Morgan fingerprint density at radius 1 is 0.618 bits per heavy atom. The van der Waals surface area contributed by atoms with Crippen molar-refractivity contribution in [2.45, 2.75) is 106 Å². The number of amides is 2. The number of nitrogens with one attached hydrogen (secondary N) is 2. The summed E-state index contributed by atoms with van der Waals surface area (Å²) in [6.07, 6.45) is -11.2. The highest BCUT2D eigenvalue weighted by Gasteiger charge is 2.34.